The molecule has 0 atom stereocenters. The number of hydrogen-bond donors (Lipinski definition) is 1. The van der Waals surface area contributed by atoms with Gasteiger partial charge in [-0.15, -0.1) is 0 Å². The Morgan fingerprint density at radius 2 is 1.83 bits per heavy atom. The van der Waals surface area contributed by atoms with Crippen LogP contribution >= 0.6 is 0 Å². The number of anilines is 2. The van der Waals surface area contributed by atoms with E-state index in [0.29, 0.717) is 55.9 Å². The molecule has 2 heterocycles. The van der Waals surface area contributed by atoms with E-state index >= 15 is 0 Å². The van der Waals surface area contributed by atoms with Crippen molar-refractivity contribution in [3.63, 3.8) is 0 Å². The van der Waals surface area contributed by atoms with Crippen molar-refractivity contribution >= 4 is 23.6 Å². The van der Waals surface area contributed by atoms with Crippen LogP contribution in [-0.4, -0.2) is 71.7 Å². The fourth-order valence-electron chi connectivity index (χ4n) is 3.03. The van der Waals surface area contributed by atoms with E-state index in [4.69, 9.17) is 9.47 Å². The third-order valence-electron chi connectivity index (χ3n) is 4.49. The molecule has 0 saturated carbocycles. The first kappa shape index (κ1) is 20.4. The van der Waals surface area contributed by atoms with Crippen LogP contribution in [0, 0.1) is 6.92 Å². The molecule has 0 aliphatic carbocycles. The van der Waals surface area contributed by atoms with Crippen LogP contribution in [-0.2, 0) is 4.74 Å². The highest BCUT2D eigenvalue weighted by Crippen LogP contribution is 2.20. The Kier molecular flexibility index (Phi) is 6.48. The Balaban J connectivity index is 1.69. The zero-order chi connectivity index (χ0) is 20.8. The quantitative estimate of drug-likeness (QED) is 0.825. The Bertz CT molecular complexity index is 881. The van der Waals surface area contributed by atoms with Gasteiger partial charge in [-0.1, -0.05) is 6.07 Å². The van der Waals surface area contributed by atoms with Crippen molar-refractivity contribution in [1.29, 1.82) is 0 Å². The van der Waals surface area contributed by atoms with E-state index < -0.39 is 0 Å². The molecule has 3 rings (SSSR count). The monoisotopic (exact) mass is 399 g/mol. The van der Waals surface area contributed by atoms with E-state index in [1.807, 2.05) is 31.2 Å². The lowest BCUT2D eigenvalue weighted by Crippen LogP contribution is -2.50. The lowest BCUT2D eigenvalue weighted by Gasteiger charge is -2.33. The molecule has 1 aromatic carbocycles. The second-order valence-corrected chi connectivity index (χ2v) is 6.55. The molecule has 0 spiro atoms. The van der Waals surface area contributed by atoms with Gasteiger partial charge in [0.2, 0.25) is 5.95 Å². The molecular weight excluding hydrogens is 374 g/mol. The molecule has 9 heteroatoms. The van der Waals surface area contributed by atoms with Gasteiger partial charge in [0.05, 0.1) is 13.7 Å². The fourth-order valence-corrected chi connectivity index (χ4v) is 3.03. The summed E-state index contributed by atoms with van der Waals surface area (Å²) in [6.07, 6.45) is -0.345. The van der Waals surface area contributed by atoms with Crippen LogP contribution in [0.3, 0.4) is 0 Å². The summed E-state index contributed by atoms with van der Waals surface area (Å²) in [5.41, 5.74) is 1.75. The maximum Gasteiger partial charge on any atom is 0.409 e. The molecule has 0 radical (unpaired) electrons. The zero-order valence-corrected chi connectivity index (χ0v) is 16.8. The molecular formula is C20H25N5O4. The average molecular weight is 399 g/mol. The van der Waals surface area contributed by atoms with Gasteiger partial charge >= 0.3 is 6.09 Å². The summed E-state index contributed by atoms with van der Waals surface area (Å²) in [7, 11) is 1.60. The maximum absolute atomic E-state index is 12.9. The van der Waals surface area contributed by atoms with Crippen LogP contribution in [0.1, 0.15) is 23.1 Å². The predicted octanol–water partition coefficient (Wildman–Crippen LogP) is 2.45. The number of hydrogen-bond acceptors (Lipinski definition) is 7. The summed E-state index contributed by atoms with van der Waals surface area (Å²) in [5.74, 6) is 0.859. The van der Waals surface area contributed by atoms with E-state index in [1.165, 1.54) is 0 Å². The van der Waals surface area contributed by atoms with Gasteiger partial charge < -0.3 is 24.6 Å². The third-order valence-corrected chi connectivity index (χ3v) is 4.49. The fraction of sp³-hybridized carbons (Fsp3) is 0.400. The van der Waals surface area contributed by atoms with Crippen molar-refractivity contribution in [2.45, 2.75) is 13.8 Å². The minimum Gasteiger partial charge on any atom is -0.497 e. The summed E-state index contributed by atoms with van der Waals surface area (Å²) in [6, 6.07) is 9.04. The van der Waals surface area contributed by atoms with E-state index in [9.17, 15) is 9.59 Å². The average Bonchev–Trinajstić information content (AvgIpc) is 2.73. The number of aromatic nitrogens is 2. The Hall–Kier alpha value is -3.36. The highest BCUT2D eigenvalue weighted by Gasteiger charge is 2.26. The normalized spacial score (nSPS) is 13.8. The lowest BCUT2D eigenvalue weighted by molar-refractivity contribution is 0.0566. The second-order valence-electron chi connectivity index (χ2n) is 6.55. The predicted molar refractivity (Wildman–Crippen MR) is 108 cm³/mol. The summed E-state index contributed by atoms with van der Waals surface area (Å²) >= 11 is 0. The summed E-state index contributed by atoms with van der Waals surface area (Å²) in [4.78, 5) is 36.8. The molecule has 2 aromatic rings. The lowest BCUT2D eigenvalue weighted by atomic mass is 10.2. The molecule has 154 valence electrons. The van der Waals surface area contributed by atoms with Gasteiger partial charge in [0.15, 0.2) is 0 Å². The highest BCUT2D eigenvalue weighted by atomic mass is 16.6. The molecule has 9 nitrogen and oxygen atoms in total. The van der Waals surface area contributed by atoms with Gasteiger partial charge in [-0.3, -0.25) is 4.79 Å². The molecule has 1 fully saturated rings. The van der Waals surface area contributed by atoms with Crippen LogP contribution in [0.4, 0.5) is 16.4 Å². The minimum atomic E-state index is -0.345. The van der Waals surface area contributed by atoms with Gasteiger partial charge in [0.25, 0.3) is 5.91 Å². The van der Waals surface area contributed by atoms with Gasteiger partial charge in [0.1, 0.15) is 11.4 Å². The van der Waals surface area contributed by atoms with Crippen LogP contribution in [0.25, 0.3) is 0 Å². The second kappa shape index (κ2) is 9.22. The number of amides is 2. The molecule has 1 aliphatic rings. The molecule has 2 amide bonds. The number of benzene rings is 1. The van der Waals surface area contributed by atoms with Crippen LogP contribution < -0.4 is 10.1 Å². The number of ether oxygens (including phenoxy) is 2. The first-order valence-electron chi connectivity index (χ1n) is 9.48. The third kappa shape index (κ3) is 5.13. The van der Waals surface area contributed by atoms with Gasteiger partial charge in [0, 0.05) is 43.6 Å². The molecule has 0 bridgehead atoms. The van der Waals surface area contributed by atoms with E-state index in [-0.39, 0.29) is 12.0 Å². The van der Waals surface area contributed by atoms with Gasteiger partial charge in [-0.25, -0.2) is 14.8 Å². The van der Waals surface area contributed by atoms with Crippen molar-refractivity contribution in [3.8, 4) is 5.75 Å². The maximum atomic E-state index is 12.9. The smallest absolute Gasteiger partial charge is 0.409 e. The Morgan fingerprint density at radius 3 is 2.52 bits per heavy atom. The molecule has 1 aromatic heterocycles. The number of nitrogens with zero attached hydrogens (tertiary/aromatic N) is 4. The molecule has 1 aliphatic heterocycles. The van der Waals surface area contributed by atoms with E-state index in [0.717, 1.165) is 5.69 Å². The number of carbonyl (C=O) groups is 2. The number of nitrogens with one attached hydrogen (secondary N) is 1. The molecule has 0 unspecified atom stereocenters. The van der Waals surface area contributed by atoms with Crippen molar-refractivity contribution in [3.05, 3.63) is 41.7 Å². The molecule has 1 N–H and O–H groups in total. The SMILES string of the molecule is CCOC(=O)N1CCN(C(=O)c2cc(C)nc(Nc3cccc(OC)c3)n2)CC1. The number of methoxy groups -OCH3 is 1. The molecule has 1 saturated heterocycles. The van der Waals surface area contributed by atoms with E-state index in [2.05, 4.69) is 15.3 Å². The minimum absolute atomic E-state index is 0.187. The van der Waals surface area contributed by atoms with Crippen LogP contribution in [0.5, 0.6) is 5.75 Å². The van der Waals surface area contributed by atoms with Crippen LogP contribution in [0.2, 0.25) is 0 Å². The van der Waals surface area contributed by atoms with Crippen molar-refractivity contribution < 1.29 is 19.1 Å². The Labute approximate surface area is 169 Å². The van der Waals surface area contributed by atoms with Gasteiger partial charge in [-0.05, 0) is 32.0 Å². The summed E-state index contributed by atoms with van der Waals surface area (Å²) < 4.78 is 10.2. The Morgan fingerprint density at radius 1 is 1.10 bits per heavy atom. The first-order valence-corrected chi connectivity index (χ1v) is 9.48. The largest absolute Gasteiger partial charge is 0.497 e. The first-order chi connectivity index (χ1) is 14.0. The van der Waals surface area contributed by atoms with Crippen molar-refractivity contribution in [2.75, 3.05) is 45.2 Å². The summed E-state index contributed by atoms with van der Waals surface area (Å²) in [6.45, 7) is 5.65. The topological polar surface area (TPSA) is 96.9 Å². The number of rotatable bonds is 5. The standard InChI is InChI=1S/C20H25N5O4/c1-4-29-20(27)25-10-8-24(9-11-25)18(26)17-12-14(2)21-19(23-17)22-15-6-5-7-16(13-15)28-3/h5-7,12-13H,4,8-11H2,1-3H3,(H,21,22,23). The van der Waals surface area contributed by atoms with Gasteiger partial charge in [-0.2, -0.15) is 0 Å². The number of aryl methyl sites for hydroxylation is 1. The van der Waals surface area contributed by atoms with Crippen molar-refractivity contribution in [2.24, 2.45) is 0 Å². The molecule has 29 heavy (non-hydrogen) atoms. The number of carbonyl (C=O) groups excluding carboxylic acids is 2. The zero-order valence-electron chi connectivity index (χ0n) is 16.8. The van der Waals surface area contributed by atoms with Crippen molar-refractivity contribution in [1.82, 2.24) is 19.8 Å². The highest BCUT2D eigenvalue weighted by molar-refractivity contribution is 5.93. The van der Waals surface area contributed by atoms with Crippen LogP contribution in [0.15, 0.2) is 30.3 Å². The van der Waals surface area contributed by atoms with E-state index in [1.54, 1.807) is 29.9 Å². The number of piperazine rings is 1. The summed E-state index contributed by atoms with van der Waals surface area (Å²) in [5, 5.41) is 3.11.